The SMILES string of the molecule is CNC(c1cc(C)cc(C)c1)c1ccc(Br)cc1Br. The van der Waals surface area contributed by atoms with Gasteiger partial charge in [0.1, 0.15) is 0 Å². The number of hydrogen-bond donors (Lipinski definition) is 1. The number of nitrogens with one attached hydrogen (secondary N) is 1. The zero-order valence-electron chi connectivity index (χ0n) is 11.3. The maximum Gasteiger partial charge on any atom is 0.0585 e. The molecule has 0 spiro atoms. The van der Waals surface area contributed by atoms with E-state index in [0.717, 1.165) is 8.95 Å². The van der Waals surface area contributed by atoms with Gasteiger partial charge in [-0.25, -0.2) is 0 Å². The van der Waals surface area contributed by atoms with Crippen molar-refractivity contribution < 1.29 is 0 Å². The van der Waals surface area contributed by atoms with Gasteiger partial charge in [0.2, 0.25) is 0 Å². The van der Waals surface area contributed by atoms with Crippen LogP contribution in [0.4, 0.5) is 0 Å². The highest BCUT2D eigenvalue weighted by Gasteiger charge is 2.15. The molecule has 0 aliphatic heterocycles. The molecule has 0 radical (unpaired) electrons. The summed E-state index contributed by atoms with van der Waals surface area (Å²) in [7, 11) is 2.00. The lowest BCUT2D eigenvalue weighted by Crippen LogP contribution is -2.18. The van der Waals surface area contributed by atoms with E-state index in [1.165, 1.54) is 22.3 Å². The molecule has 0 saturated carbocycles. The first kappa shape index (κ1) is 14.8. The summed E-state index contributed by atoms with van der Waals surface area (Å²) in [6.45, 7) is 4.28. The molecule has 2 aromatic carbocycles. The predicted molar refractivity (Wildman–Crippen MR) is 88.7 cm³/mol. The van der Waals surface area contributed by atoms with Gasteiger partial charge in [0, 0.05) is 8.95 Å². The Labute approximate surface area is 131 Å². The van der Waals surface area contributed by atoms with Crippen molar-refractivity contribution in [3.05, 3.63) is 67.6 Å². The van der Waals surface area contributed by atoms with Crippen LogP contribution >= 0.6 is 31.9 Å². The van der Waals surface area contributed by atoms with E-state index >= 15 is 0 Å². The average molecular weight is 383 g/mol. The van der Waals surface area contributed by atoms with Gasteiger partial charge in [-0.15, -0.1) is 0 Å². The average Bonchev–Trinajstić information content (AvgIpc) is 2.31. The number of halogens is 2. The number of benzene rings is 2. The van der Waals surface area contributed by atoms with Crippen molar-refractivity contribution >= 4 is 31.9 Å². The van der Waals surface area contributed by atoms with E-state index < -0.39 is 0 Å². The summed E-state index contributed by atoms with van der Waals surface area (Å²) < 4.78 is 2.19. The van der Waals surface area contributed by atoms with Crippen LogP contribution in [0.3, 0.4) is 0 Å². The molecular formula is C16H17Br2N. The second-order valence-electron chi connectivity index (χ2n) is 4.81. The van der Waals surface area contributed by atoms with Gasteiger partial charge in [-0.05, 0) is 44.2 Å². The van der Waals surface area contributed by atoms with E-state index in [0.29, 0.717) is 0 Å². The molecule has 100 valence electrons. The van der Waals surface area contributed by atoms with Crippen molar-refractivity contribution in [3.8, 4) is 0 Å². The van der Waals surface area contributed by atoms with Crippen molar-refractivity contribution in [1.82, 2.24) is 5.32 Å². The fourth-order valence-electron chi connectivity index (χ4n) is 2.41. The van der Waals surface area contributed by atoms with Crippen LogP contribution in [0.15, 0.2) is 45.3 Å². The van der Waals surface area contributed by atoms with E-state index in [1.807, 2.05) is 7.05 Å². The van der Waals surface area contributed by atoms with E-state index in [1.54, 1.807) is 0 Å². The van der Waals surface area contributed by atoms with Crippen LogP contribution in [0.2, 0.25) is 0 Å². The lowest BCUT2D eigenvalue weighted by Gasteiger charge is -2.20. The largest absolute Gasteiger partial charge is 0.309 e. The molecule has 0 bridgehead atoms. The Morgan fingerprint density at radius 1 is 0.947 bits per heavy atom. The van der Waals surface area contributed by atoms with Crippen molar-refractivity contribution in [1.29, 1.82) is 0 Å². The molecule has 1 unspecified atom stereocenters. The van der Waals surface area contributed by atoms with Crippen LogP contribution in [-0.2, 0) is 0 Å². The van der Waals surface area contributed by atoms with Gasteiger partial charge in [0.15, 0.2) is 0 Å². The summed E-state index contributed by atoms with van der Waals surface area (Å²) in [6.07, 6.45) is 0. The first-order valence-corrected chi connectivity index (χ1v) is 7.80. The minimum atomic E-state index is 0.195. The second kappa shape index (κ2) is 6.21. The normalized spacial score (nSPS) is 12.5. The summed E-state index contributed by atoms with van der Waals surface area (Å²) in [6, 6.07) is 13.2. The molecule has 0 heterocycles. The van der Waals surface area contributed by atoms with Crippen molar-refractivity contribution in [3.63, 3.8) is 0 Å². The van der Waals surface area contributed by atoms with Crippen LogP contribution in [0.25, 0.3) is 0 Å². The van der Waals surface area contributed by atoms with Gasteiger partial charge in [-0.1, -0.05) is 67.3 Å². The number of aryl methyl sites for hydroxylation is 2. The highest BCUT2D eigenvalue weighted by molar-refractivity contribution is 9.11. The van der Waals surface area contributed by atoms with Gasteiger partial charge in [0.05, 0.1) is 6.04 Å². The third kappa shape index (κ3) is 3.47. The van der Waals surface area contributed by atoms with E-state index in [4.69, 9.17) is 0 Å². The lowest BCUT2D eigenvalue weighted by molar-refractivity contribution is 0.687. The van der Waals surface area contributed by atoms with Gasteiger partial charge < -0.3 is 5.32 Å². The van der Waals surface area contributed by atoms with Crippen LogP contribution in [0.5, 0.6) is 0 Å². The molecular weight excluding hydrogens is 366 g/mol. The van der Waals surface area contributed by atoms with Crippen molar-refractivity contribution in [2.45, 2.75) is 19.9 Å². The van der Waals surface area contributed by atoms with Crippen LogP contribution in [-0.4, -0.2) is 7.05 Å². The second-order valence-corrected chi connectivity index (χ2v) is 6.58. The van der Waals surface area contributed by atoms with E-state index in [-0.39, 0.29) is 6.04 Å². The molecule has 0 aromatic heterocycles. The van der Waals surface area contributed by atoms with E-state index in [9.17, 15) is 0 Å². The lowest BCUT2D eigenvalue weighted by atomic mass is 9.96. The molecule has 1 N–H and O–H groups in total. The summed E-state index contributed by atoms with van der Waals surface area (Å²) in [5.74, 6) is 0. The topological polar surface area (TPSA) is 12.0 Å². The summed E-state index contributed by atoms with van der Waals surface area (Å²) in [4.78, 5) is 0. The van der Waals surface area contributed by atoms with Gasteiger partial charge in [0.25, 0.3) is 0 Å². The third-order valence-electron chi connectivity index (χ3n) is 3.14. The smallest absolute Gasteiger partial charge is 0.0585 e. The Morgan fingerprint density at radius 2 is 1.58 bits per heavy atom. The standard InChI is InChI=1S/C16H17Br2N/c1-10-6-11(2)8-12(7-10)16(19-3)14-5-4-13(17)9-15(14)18/h4-9,16,19H,1-3H3. The molecule has 1 atom stereocenters. The zero-order chi connectivity index (χ0) is 14.0. The minimum absolute atomic E-state index is 0.195. The fraction of sp³-hybridized carbons (Fsp3) is 0.250. The van der Waals surface area contributed by atoms with E-state index in [2.05, 4.69) is 87.4 Å². The molecule has 0 amide bonds. The van der Waals surface area contributed by atoms with Crippen LogP contribution in [0, 0.1) is 13.8 Å². The number of rotatable bonds is 3. The quantitative estimate of drug-likeness (QED) is 0.775. The molecule has 0 saturated heterocycles. The molecule has 3 heteroatoms. The van der Waals surface area contributed by atoms with Gasteiger partial charge in [-0.2, -0.15) is 0 Å². The van der Waals surface area contributed by atoms with Gasteiger partial charge in [-0.3, -0.25) is 0 Å². The Morgan fingerprint density at radius 3 is 2.11 bits per heavy atom. The molecule has 0 fully saturated rings. The fourth-order valence-corrected chi connectivity index (χ4v) is 3.69. The molecule has 19 heavy (non-hydrogen) atoms. The first-order chi connectivity index (χ1) is 9.01. The number of hydrogen-bond acceptors (Lipinski definition) is 1. The van der Waals surface area contributed by atoms with Crippen molar-refractivity contribution in [2.24, 2.45) is 0 Å². The highest BCUT2D eigenvalue weighted by atomic mass is 79.9. The Bertz CT molecular complexity index is 573. The summed E-state index contributed by atoms with van der Waals surface area (Å²) in [5.41, 5.74) is 5.13. The molecule has 0 aliphatic rings. The molecule has 1 nitrogen and oxygen atoms in total. The van der Waals surface area contributed by atoms with Crippen LogP contribution in [0.1, 0.15) is 28.3 Å². The summed E-state index contributed by atoms with van der Waals surface area (Å²) >= 11 is 7.15. The third-order valence-corrected chi connectivity index (χ3v) is 4.32. The van der Waals surface area contributed by atoms with Gasteiger partial charge >= 0.3 is 0 Å². The predicted octanol–water partition coefficient (Wildman–Crippen LogP) is 5.14. The Hall–Kier alpha value is -0.640. The molecule has 2 rings (SSSR count). The Balaban J connectivity index is 2.49. The van der Waals surface area contributed by atoms with Crippen molar-refractivity contribution in [2.75, 3.05) is 7.05 Å². The monoisotopic (exact) mass is 381 g/mol. The Kier molecular flexibility index (Phi) is 4.82. The molecule has 0 aliphatic carbocycles. The highest BCUT2D eigenvalue weighted by Crippen LogP contribution is 2.31. The maximum absolute atomic E-state index is 3.65. The maximum atomic E-state index is 3.65. The summed E-state index contributed by atoms with van der Waals surface area (Å²) in [5, 5.41) is 3.40. The molecule has 2 aromatic rings. The first-order valence-electron chi connectivity index (χ1n) is 6.21. The van der Waals surface area contributed by atoms with Crippen LogP contribution < -0.4 is 5.32 Å². The zero-order valence-corrected chi connectivity index (χ0v) is 14.5. The minimum Gasteiger partial charge on any atom is -0.309 e.